The number of ether oxygens (including phenoxy) is 1. The van der Waals surface area contributed by atoms with Gasteiger partial charge in [0.2, 0.25) is 0 Å². The topological polar surface area (TPSA) is 69.4 Å². The van der Waals surface area contributed by atoms with Crippen LogP contribution in [0.2, 0.25) is 0 Å². The van der Waals surface area contributed by atoms with E-state index in [1.807, 2.05) is 0 Å². The lowest BCUT2D eigenvalue weighted by atomic mass is 10.2. The first-order valence-electron chi connectivity index (χ1n) is 5.67. The molecule has 0 fully saturated rings. The van der Waals surface area contributed by atoms with Crippen molar-refractivity contribution >= 4 is 15.5 Å². The summed E-state index contributed by atoms with van der Waals surface area (Å²) >= 11 is 0. The third kappa shape index (κ3) is 4.26. The molecule has 96 valence electrons. The minimum Gasteiger partial charge on any atom is -0.491 e. The molecule has 0 atom stereocenters. The smallest absolute Gasteiger partial charge is 0.175 e. The number of rotatable bonds is 6. The fourth-order valence-corrected chi connectivity index (χ4v) is 2.08. The molecule has 0 aliphatic carbocycles. The van der Waals surface area contributed by atoms with Crippen LogP contribution in [0.4, 0.5) is 5.69 Å². The van der Waals surface area contributed by atoms with Crippen molar-refractivity contribution in [3.8, 4) is 5.75 Å². The van der Waals surface area contributed by atoms with Crippen LogP contribution in [0.5, 0.6) is 5.75 Å². The van der Waals surface area contributed by atoms with E-state index in [1.165, 1.54) is 12.1 Å². The molecule has 0 radical (unpaired) electrons. The predicted octanol–water partition coefficient (Wildman–Crippen LogP) is 2.24. The Balaban J connectivity index is 2.70. The van der Waals surface area contributed by atoms with E-state index in [2.05, 4.69) is 6.92 Å². The zero-order valence-corrected chi connectivity index (χ0v) is 11.1. The summed E-state index contributed by atoms with van der Waals surface area (Å²) in [5, 5.41) is 0. The maximum Gasteiger partial charge on any atom is 0.175 e. The number of benzene rings is 1. The molecule has 2 N–H and O–H groups in total. The van der Waals surface area contributed by atoms with Gasteiger partial charge in [-0.15, -0.1) is 0 Å². The van der Waals surface area contributed by atoms with Crippen LogP contribution >= 0.6 is 0 Å². The molecule has 0 aromatic heterocycles. The quantitative estimate of drug-likeness (QED) is 0.627. The molecule has 17 heavy (non-hydrogen) atoms. The average Bonchev–Trinajstić information content (AvgIpc) is 2.24. The normalized spacial score (nSPS) is 11.4. The SMILES string of the molecule is CCCCCOc1ccc(S(C)(=O)=O)cc1N. The van der Waals surface area contributed by atoms with E-state index < -0.39 is 9.84 Å². The Bertz CT molecular complexity index is 469. The lowest BCUT2D eigenvalue weighted by molar-refractivity contribution is 0.307. The molecule has 0 unspecified atom stereocenters. The molecule has 1 rings (SSSR count). The first-order valence-corrected chi connectivity index (χ1v) is 7.56. The molecule has 5 heteroatoms. The summed E-state index contributed by atoms with van der Waals surface area (Å²) < 4.78 is 28.1. The van der Waals surface area contributed by atoms with Crippen molar-refractivity contribution < 1.29 is 13.2 Å². The van der Waals surface area contributed by atoms with Gasteiger partial charge in [-0.05, 0) is 24.6 Å². The Morgan fingerprint density at radius 3 is 2.53 bits per heavy atom. The van der Waals surface area contributed by atoms with E-state index in [9.17, 15) is 8.42 Å². The van der Waals surface area contributed by atoms with Gasteiger partial charge in [0.1, 0.15) is 5.75 Å². The molecule has 0 bridgehead atoms. The highest BCUT2D eigenvalue weighted by molar-refractivity contribution is 7.90. The Hall–Kier alpha value is -1.23. The third-order valence-corrected chi connectivity index (χ3v) is 3.53. The highest BCUT2D eigenvalue weighted by Gasteiger charge is 2.09. The molecular weight excluding hydrogens is 238 g/mol. The van der Waals surface area contributed by atoms with Gasteiger partial charge in [-0.3, -0.25) is 0 Å². The van der Waals surface area contributed by atoms with Gasteiger partial charge in [-0.25, -0.2) is 8.42 Å². The van der Waals surface area contributed by atoms with E-state index in [0.717, 1.165) is 25.5 Å². The van der Waals surface area contributed by atoms with Gasteiger partial charge >= 0.3 is 0 Å². The maximum atomic E-state index is 11.3. The molecule has 4 nitrogen and oxygen atoms in total. The summed E-state index contributed by atoms with van der Waals surface area (Å²) in [5.41, 5.74) is 6.11. The summed E-state index contributed by atoms with van der Waals surface area (Å²) in [6, 6.07) is 4.56. The Morgan fingerprint density at radius 2 is 2.00 bits per heavy atom. The van der Waals surface area contributed by atoms with Crippen LogP contribution in [0.3, 0.4) is 0 Å². The van der Waals surface area contributed by atoms with Gasteiger partial charge in [0.15, 0.2) is 9.84 Å². The first kappa shape index (κ1) is 13.8. The Labute approximate surface area is 103 Å². The lowest BCUT2D eigenvalue weighted by Gasteiger charge is -2.09. The summed E-state index contributed by atoms with van der Waals surface area (Å²) in [5.74, 6) is 0.550. The number of nitrogen functional groups attached to an aromatic ring is 1. The number of unbranched alkanes of at least 4 members (excludes halogenated alkanes) is 2. The van der Waals surface area contributed by atoms with Crippen LogP contribution in [-0.4, -0.2) is 21.3 Å². The van der Waals surface area contributed by atoms with Crippen LogP contribution in [-0.2, 0) is 9.84 Å². The lowest BCUT2D eigenvalue weighted by Crippen LogP contribution is -2.03. The summed E-state index contributed by atoms with van der Waals surface area (Å²) in [4.78, 5) is 0.218. The predicted molar refractivity (Wildman–Crippen MR) is 69.0 cm³/mol. The van der Waals surface area contributed by atoms with E-state index in [1.54, 1.807) is 6.07 Å². The minimum absolute atomic E-state index is 0.218. The summed E-state index contributed by atoms with van der Waals surface area (Å²) in [6.07, 6.45) is 4.38. The van der Waals surface area contributed by atoms with Crippen molar-refractivity contribution in [3.05, 3.63) is 18.2 Å². The fourth-order valence-electron chi connectivity index (χ4n) is 1.42. The van der Waals surface area contributed by atoms with Crippen molar-refractivity contribution in [3.63, 3.8) is 0 Å². The zero-order chi connectivity index (χ0) is 12.9. The number of anilines is 1. The second kappa shape index (κ2) is 5.91. The monoisotopic (exact) mass is 257 g/mol. The van der Waals surface area contributed by atoms with Crippen molar-refractivity contribution in [1.82, 2.24) is 0 Å². The second-order valence-corrected chi connectivity index (χ2v) is 6.04. The average molecular weight is 257 g/mol. The molecule has 0 saturated carbocycles. The van der Waals surface area contributed by atoms with Gasteiger partial charge in [0, 0.05) is 6.26 Å². The van der Waals surface area contributed by atoms with E-state index in [-0.39, 0.29) is 4.90 Å². The van der Waals surface area contributed by atoms with Gasteiger partial charge in [-0.1, -0.05) is 19.8 Å². The number of sulfone groups is 1. The minimum atomic E-state index is -3.21. The van der Waals surface area contributed by atoms with E-state index >= 15 is 0 Å². The molecule has 1 aromatic carbocycles. The maximum absolute atomic E-state index is 11.3. The Kier molecular flexibility index (Phi) is 4.81. The van der Waals surface area contributed by atoms with Crippen LogP contribution in [0.25, 0.3) is 0 Å². The van der Waals surface area contributed by atoms with Gasteiger partial charge in [0.05, 0.1) is 17.2 Å². The largest absolute Gasteiger partial charge is 0.491 e. The molecule has 0 saturated heterocycles. The van der Waals surface area contributed by atoms with Crippen LogP contribution in [0, 0.1) is 0 Å². The first-order chi connectivity index (χ1) is 7.95. The third-order valence-electron chi connectivity index (χ3n) is 2.41. The highest BCUT2D eigenvalue weighted by atomic mass is 32.2. The van der Waals surface area contributed by atoms with Crippen molar-refractivity contribution in [2.24, 2.45) is 0 Å². The summed E-state index contributed by atoms with van der Waals surface area (Å²) in [7, 11) is -3.21. The van der Waals surface area contributed by atoms with Crippen molar-refractivity contribution in [1.29, 1.82) is 0 Å². The molecule has 0 aliphatic rings. The highest BCUT2D eigenvalue weighted by Crippen LogP contribution is 2.24. The van der Waals surface area contributed by atoms with Gasteiger partial charge < -0.3 is 10.5 Å². The molecule has 0 amide bonds. The van der Waals surface area contributed by atoms with Crippen molar-refractivity contribution in [2.45, 2.75) is 31.1 Å². The van der Waals surface area contributed by atoms with E-state index in [4.69, 9.17) is 10.5 Å². The Morgan fingerprint density at radius 1 is 1.29 bits per heavy atom. The number of hydrogen-bond acceptors (Lipinski definition) is 4. The molecule has 0 spiro atoms. The van der Waals surface area contributed by atoms with Gasteiger partial charge in [-0.2, -0.15) is 0 Å². The standard InChI is InChI=1S/C12H19NO3S/c1-3-4-5-8-16-12-7-6-10(9-11(12)13)17(2,14)15/h6-7,9H,3-5,8,13H2,1-2H3. The van der Waals surface area contributed by atoms with Crippen LogP contribution < -0.4 is 10.5 Å². The van der Waals surface area contributed by atoms with E-state index in [0.29, 0.717) is 18.0 Å². The molecule has 0 heterocycles. The molecule has 1 aromatic rings. The zero-order valence-electron chi connectivity index (χ0n) is 10.3. The second-order valence-electron chi connectivity index (χ2n) is 4.03. The molecular formula is C12H19NO3S. The summed E-state index contributed by atoms with van der Waals surface area (Å²) in [6.45, 7) is 2.73. The van der Waals surface area contributed by atoms with Crippen molar-refractivity contribution in [2.75, 3.05) is 18.6 Å². The molecule has 0 aliphatic heterocycles. The van der Waals surface area contributed by atoms with Crippen LogP contribution in [0.15, 0.2) is 23.1 Å². The number of nitrogens with two attached hydrogens (primary N) is 1. The van der Waals surface area contributed by atoms with Gasteiger partial charge in [0.25, 0.3) is 0 Å². The van der Waals surface area contributed by atoms with Crippen LogP contribution in [0.1, 0.15) is 26.2 Å². The fraction of sp³-hybridized carbons (Fsp3) is 0.500. The number of hydrogen-bond donors (Lipinski definition) is 1.